The zero-order valence-corrected chi connectivity index (χ0v) is 34.6. The maximum atomic E-state index is 14.4. The molecule has 3 amide bonds. The van der Waals surface area contributed by atoms with Crippen LogP contribution in [0, 0.1) is 11.8 Å². The molecule has 58 heavy (non-hydrogen) atoms. The number of carbonyl (C=O) groups is 4. The predicted octanol–water partition coefficient (Wildman–Crippen LogP) is 4.91. The van der Waals surface area contributed by atoms with Crippen LogP contribution >= 0.6 is 7.37 Å². The lowest BCUT2D eigenvalue weighted by atomic mass is 9.97. The zero-order valence-electron chi connectivity index (χ0n) is 32.9. The van der Waals surface area contributed by atoms with E-state index in [1.165, 1.54) is 0 Å². The number of aromatic amines is 1. The molecule has 5 atom stereocenters. The fourth-order valence-corrected chi connectivity index (χ4v) is 9.39. The number of ether oxygens (including phenoxy) is 1. The molecule has 15 nitrogen and oxygen atoms in total. The second kappa shape index (κ2) is 21.7. The van der Waals surface area contributed by atoms with Crippen molar-refractivity contribution < 1.29 is 46.9 Å². The molecule has 17 heteroatoms. The number of carboxylic acids is 1. The Morgan fingerprint density at radius 3 is 2.10 bits per heavy atom. The third-order valence-corrected chi connectivity index (χ3v) is 12.4. The Morgan fingerprint density at radius 1 is 0.828 bits per heavy atom. The first-order valence-electron chi connectivity index (χ1n) is 19.2. The number of H-pyrrole nitrogens is 1. The first-order valence-corrected chi connectivity index (χ1v) is 23.0. The van der Waals surface area contributed by atoms with E-state index in [1.54, 1.807) is 36.5 Å². The molecule has 0 saturated carbocycles. The van der Waals surface area contributed by atoms with Gasteiger partial charge in [0.15, 0.2) is 0 Å². The zero-order chi connectivity index (χ0) is 42.3. The minimum absolute atomic E-state index is 0.00117. The van der Waals surface area contributed by atoms with Gasteiger partial charge in [-0.25, -0.2) is 22.7 Å². The predicted molar refractivity (Wildman–Crippen MR) is 222 cm³/mol. The SMILES string of the molecule is CC(C)CC(CP(=O)(O)C(Cc1ccccc1)NC(=O)[C@H](CCCCNC(=O)OCc1ccccc1)NS(C)(=O)=O)C(=O)N[C@@H](Cc1c[nH]c2ccccc12)C(=O)O. The van der Waals surface area contributed by atoms with E-state index in [-0.39, 0.29) is 44.8 Å². The molecule has 0 aliphatic carbocycles. The van der Waals surface area contributed by atoms with E-state index in [4.69, 9.17) is 4.74 Å². The molecule has 4 rings (SSSR count). The number of benzene rings is 3. The summed E-state index contributed by atoms with van der Waals surface area (Å²) in [5, 5.41) is 18.7. The number of para-hydroxylation sites is 1. The summed E-state index contributed by atoms with van der Waals surface area (Å²) in [5.41, 5.74) is 2.91. The highest BCUT2D eigenvalue weighted by atomic mass is 32.2. The Balaban J connectivity index is 1.46. The van der Waals surface area contributed by atoms with Crippen molar-refractivity contribution in [1.82, 2.24) is 25.7 Å². The molecule has 3 unspecified atom stereocenters. The van der Waals surface area contributed by atoms with E-state index in [2.05, 4.69) is 25.7 Å². The fraction of sp³-hybridized carbons (Fsp3) is 0.415. The van der Waals surface area contributed by atoms with Crippen LogP contribution in [0.4, 0.5) is 4.79 Å². The molecule has 0 aliphatic heterocycles. The number of sulfonamides is 1. The van der Waals surface area contributed by atoms with Gasteiger partial charge in [-0.15, -0.1) is 0 Å². The largest absolute Gasteiger partial charge is 0.480 e. The monoisotopic (exact) mass is 839 g/mol. The van der Waals surface area contributed by atoms with Gasteiger partial charge in [0, 0.05) is 48.6 Å². The summed E-state index contributed by atoms with van der Waals surface area (Å²) in [4.78, 5) is 67.0. The highest BCUT2D eigenvalue weighted by Crippen LogP contribution is 2.49. The Hall–Kier alpha value is -5.02. The molecule has 0 aliphatic rings. The second-order valence-electron chi connectivity index (χ2n) is 14.9. The number of hydrogen-bond acceptors (Lipinski definition) is 8. The summed E-state index contributed by atoms with van der Waals surface area (Å²) >= 11 is 0. The van der Waals surface area contributed by atoms with Gasteiger partial charge in [0.1, 0.15) is 24.5 Å². The summed E-state index contributed by atoms with van der Waals surface area (Å²) in [6.07, 6.45) is 2.02. The van der Waals surface area contributed by atoms with Crippen LogP contribution in [0.15, 0.2) is 91.1 Å². The number of amides is 3. The molecule has 314 valence electrons. The van der Waals surface area contributed by atoms with Gasteiger partial charge in [-0.3, -0.25) is 14.2 Å². The molecule has 4 aromatic rings. The second-order valence-corrected chi connectivity index (χ2v) is 19.1. The van der Waals surface area contributed by atoms with Crippen LogP contribution in [0.3, 0.4) is 0 Å². The number of unbranched alkanes of at least 4 members (excludes halogenated alkanes) is 1. The molecular weight excluding hydrogens is 786 g/mol. The Bertz CT molecular complexity index is 2130. The van der Waals surface area contributed by atoms with Crippen molar-refractivity contribution in [3.8, 4) is 0 Å². The highest BCUT2D eigenvalue weighted by Gasteiger charge is 2.39. The van der Waals surface area contributed by atoms with Crippen molar-refractivity contribution in [2.75, 3.05) is 19.0 Å². The summed E-state index contributed by atoms with van der Waals surface area (Å²) in [6, 6.07) is 22.5. The van der Waals surface area contributed by atoms with Gasteiger partial charge in [-0.2, -0.15) is 0 Å². The van der Waals surface area contributed by atoms with E-state index in [0.717, 1.165) is 22.7 Å². The maximum absolute atomic E-state index is 14.4. The molecule has 0 bridgehead atoms. The van der Waals surface area contributed by atoms with Gasteiger partial charge in [0.2, 0.25) is 29.2 Å². The molecule has 0 spiro atoms. The van der Waals surface area contributed by atoms with Crippen LogP contribution in [-0.4, -0.2) is 84.1 Å². The van der Waals surface area contributed by atoms with Gasteiger partial charge in [-0.1, -0.05) is 92.7 Å². The number of alkyl carbamates (subject to hydrolysis) is 1. The van der Waals surface area contributed by atoms with Crippen LogP contribution < -0.4 is 20.7 Å². The van der Waals surface area contributed by atoms with Crippen molar-refractivity contribution in [1.29, 1.82) is 0 Å². The maximum Gasteiger partial charge on any atom is 0.407 e. The van der Waals surface area contributed by atoms with Crippen LogP contribution in [0.2, 0.25) is 0 Å². The van der Waals surface area contributed by atoms with Crippen LogP contribution in [0.5, 0.6) is 0 Å². The van der Waals surface area contributed by atoms with Crippen molar-refractivity contribution in [3.05, 3.63) is 108 Å². The molecule has 3 aromatic carbocycles. The number of aliphatic carboxylic acids is 1. The molecule has 0 fully saturated rings. The normalized spacial score (nSPS) is 14.8. The molecular formula is C41H54N5O10PS. The number of aromatic nitrogens is 1. The third kappa shape index (κ3) is 15.1. The minimum Gasteiger partial charge on any atom is -0.480 e. The average Bonchev–Trinajstić information content (AvgIpc) is 3.58. The average molecular weight is 840 g/mol. The van der Waals surface area contributed by atoms with E-state index < -0.39 is 71.2 Å². The Kier molecular flexibility index (Phi) is 17.1. The number of carboxylic acid groups (broad SMARTS) is 1. The van der Waals surface area contributed by atoms with Crippen molar-refractivity contribution in [2.24, 2.45) is 11.8 Å². The fourth-order valence-electron chi connectivity index (χ4n) is 6.62. The van der Waals surface area contributed by atoms with Gasteiger partial charge in [0.05, 0.1) is 6.26 Å². The van der Waals surface area contributed by atoms with E-state index >= 15 is 0 Å². The first-order chi connectivity index (χ1) is 27.5. The quantitative estimate of drug-likeness (QED) is 0.0394. The number of hydrogen-bond donors (Lipinski definition) is 7. The van der Waals surface area contributed by atoms with E-state index in [1.807, 2.05) is 68.4 Å². The molecule has 1 aromatic heterocycles. The first kappa shape index (κ1) is 45.7. The number of carbonyl (C=O) groups excluding carboxylic acids is 3. The van der Waals surface area contributed by atoms with Gasteiger partial charge in [-0.05, 0) is 54.4 Å². The lowest BCUT2D eigenvalue weighted by Crippen LogP contribution is -2.50. The van der Waals surface area contributed by atoms with Crippen LogP contribution in [-0.2, 0) is 53.2 Å². The summed E-state index contributed by atoms with van der Waals surface area (Å²) in [6.45, 7) is 3.94. The topological polar surface area (TPSA) is 233 Å². The van der Waals surface area contributed by atoms with Crippen molar-refractivity contribution in [2.45, 2.75) is 76.8 Å². The Morgan fingerprint density at radius 2 is 1.47 bits per heavy atom. The summed E-state index contributed by atoms with van der Waals surface area (Å²) in [5.74, 6) is -5.49. The number of nitrogens with one attached hydrogen (secondary N) is 5. The van der Waals surface area contributed by atoms with E-state index in [0.29, 0.717) is 24.0 Å². The van der Waals surface area contributed by atoms with Crippen LogP contribution in [0.1, 0.15) is 56.2 Å². The smallest absolute Gasteiger partial charge is 0.407 e. The Labute approximate surface area is 339 Å². The van der Waals surface area contributed by atoms with Crippen molar-refractivity contribution >= 4 is 52.2 Å². The lowest BCUT2D eigenvalue weighted by Gasteiger charge is -2.30. The van der Waals surface area contributed by atoms with Gasteiger partial charge in [0.25, 0.3) is 0 Å². The van der Waals surface area contributed by atoms with Crippen LogP contribution in [0.25, 0.3) is 10.9 Å². The highest BCUT2D eigenvalue weighted by molar-refractivity contribution is 7.88. The number of fused-ring (bicyclic) bond motifs is 1. The summed E-state index contributed by atoms with van der Waals surface area (Å²) in [7, 11) is -8.41. The standard InChI is InChI=1S/C41H54N5O10PS/c1-28(2)22-32(38(47)44-36(40(49)50)24-31-25-43-34-19-11-10-18-33(31)34)27-57(52,53)37(23-29-14-6-4-7-15-29)45-39(48)35(46-58(3,54)55)20-12-13-21-42-41(51)56-26-30-16-8-5-9-17-30/h4-11,14-19,25,28,32,35-37,43,46H,12-13,20-24,26-27H2,1-3H3,(H,42,51)(H,44,47)(H,45,48)(H,49,50)(H,52,53)/t32?,35-,36-,37?/m0/s1. The number of rotatable bonds is 23. The minimum atomic E-state index is -4.50. The summed E-state index contributed by atoms with van der Waals surface area (Å²) < 4.78 is 46.7. The third-order valence-electron chi connectivity index (χ3n) is 9.46. The molecule has 1 heterocycles. The van der Waals surface area contributed by atoms with Gasteiger partial charge >= 0.3 is 12.1 Å². The molecule has 0 saturated heterocycles. The lowest BCUT2D eigenvalue weighted by molar-refractivity contribution is -0.142. The molecule has 7 N–H and O–H groups in total. The van der Waals surface area contributed by atoms with E-state index in [9.17, 15) is 42.2 Å². The van der Waals surface area contributed by atoms with Crippen molar-refractivity contribution in [3.63, 3.8) is 0 Å². The molecule has 0 radical (unpaired) electrons. The van der Waals surface area contributed by atoms with Gasteiger partial charge < -0.3 is 35.7 Å².